The van der Waals surface area contributed by atoms with E-state index in [4.69, 9.17) is 9.47 Å². The van der Waals surface area contributed by atoms with E-state index in [1.807, 2.05) is 55.5 Å². The van der Waals surface area contributed by atoms with E-state index >= 15 is 0 Å². The summed E-state index contributed by atoms with van der Waals surface area (Å²) < 4.78 is 12.1. The normalized spacial score (nSPS) is 11.9. The van der Waals surface area contributed by atoms with E-state index in [0.29, 0.717) is 28.8 Å². The highest BCUT2D eigenvalue weighted by Crippen LogP contribution is 2.35. The van der Waals surface area contributed by atoms with E-state index in [2.05, 4.69) is 41.4 Å². The van der Waals surface area contributed by atoms with Crippen LogP contribution in [-0.4, -0.2) is 16.0 Å². The van der Waals surface area contributed by atoms with E-state index in [-0.39, 0.29) is 11.5 Å². The molecular formula is C29H30N4O3. The van der Waals surface area contributed by atoms with Crippen molar-refractivity contribution in [1.82, 2.24) is 9.97 Å². The summed E-state index contributed by atoms with van der Waals surface area (Å²) in [6.07, 6.45) is 4.98. The number of pyridine rings is 2. The molecule has 0 radical (unpaired) electrons. The Morgan fingerprint density at radius 3 is 2.31 bits per heavy atom. The number of rotatable bonds is 7. The number of carbonyl (C=O) groups excluding carboxylic acids is 1. The number of urea groups is 1. The van der Waals surface area contributed by atoms with Crippen LogP contribution in [0, 0.1) is 0 Å². The Kier molecular flexibility index (Phi) is 7.49. The zero-order chi connectivity index (χ0) is 25.5. The minimum Gasteiger partial charge on any atom is -0.486 e. The van der Waals surface area contributed by atoms with Crippen molar-refractivity contribution in [3.8, 4) is 17.4 Å². The van der Waals surface area contributed by atoms with Crippen molar-refractivity contribution in [3.05, 3.63) is 103 Å². The molecule has 2 N–H and O–H groups in total. The summed E-state index contributed by atoms with van der Waals surface area (Å²) in [5.41, 5.74) is 3.06. The van der Waals surface area contributed by atoms with Gasteiger partial charge in [0.2, 0.25) is 5.88 Å². The first-order valence-corrected chi connectivity index (χ1v) is 11.8. The first-order chi connectivity index (χ1) is 17.3. The Labute approximate surface area is 211 Å². The van der Waals surface area contributed by atoms with Crippen LogP contribution in [0.3, 0.4) is 0 Å². The fourth-order valence-electron chi connectivity index (χ4n) is 3.65. The Balaban J connectivity index is 1.40. The minimum absolute atomic E-state index is 0.109. The topological polar surface area (TPSA) is 85.4 Å². The lowest BCUT2D eigenvalue weighted by molar-refractivity contribution is 0.227. The van der Waals surface area contributed by atoms with E-state index in [0.717, 1.165) is 11.1 Å². The molecule has 4 rings (SSSR count). The zero-order valence-electron chi connectivity index (χ0n) is 20.9. The van der Waals surface area contributed by atoms with Gasteiger partial charge in [-0.2, -0.15) is 0 Å². The van der Waals surface area contributed by atoms with Gasteiger partial charge in [-0.3, -0.25) is 4.98 Å². The molecule has 7 nitrogen and oxygen atoms in total. The summed E-state index contributed by atoms with van der Waals surface area (Å²) in [7, 11) is 0. The average molecular weight is 483 g/mol. The molecule has 1 unspecified atom stereocenters. The van der Waals surface area contributed by atoms with Crippen molar-refractivity contribution in [2.24, 2.45) is 0 Å². The second-order valence-electron chi connectivity index (χ2n) is 9.35. The Hall–Kier alpha value is -4.39. The molecule has 0 aliphatic heterocycles. The van der Waals surface area contributed by atoms with Gasteiger partial charge >= 0.3 is 6.03 Å². The summed E-state index contributed by atoms with van der Waals surface area (Å²) in [5, 5.41) is 5.66. The molecule has 0 aliphatic rings. The number of amides is 2. The predicted octanol–water partition coefficient (Wildman–Crippen LogP) is 7.35. The van der Waals surface area contributed by atoms with Crippen LogP contribution in [-0.2, 0) is 5.41 Å². The molecule has 2 aromatic heterocycles. The van der Waals surface area contributed by atoms with Crippen molar-refractivity contribution in [3.63, 3.8) is 0 Å². The molecule has 0 spiro atoms. The Morgan fingerprint density at radius 2 is 1.58 bits per heavy atom. The number of carbonyl (C=O) groups is 1. The molecule has 0 saturated carbocycles. The van der Waals surface area contributed by atoms with Gasteiger partial charge in [-0.05, 0) is 72.5 Å². The van der Waals surface area contributed by atoms with Crippen LogP contribution in [0.5, 0.6) is 17.4 Å². The third-order valence-electron chi connectivity index (χ3n) is 5.52. The highest BCUT2D eigenvalue weighted by Gasteiger charge is 2.20. The van der Waals surface area contributed by atoms with E-state index < -0.39 is 6.03 Å². The number of hydrogen-bond donors (Lipinski definition) is 2. The SMILES string of the molecule is CC(Oc1ccc(NC(=O)Nc2cccnc2Oc2ccccc2C(C)(C)C)cc1)c1ccncc1. The second kappa shape index (κ2) is 10.9. The van der Waals surface area contributed by atoms with E-state index in [9.17, 15) is 4.79 Å². The lowest BCUT2D eigenvalue weighted by Crippen LogP contribution is -2.20. The van der Waals surface area contributed by atoms with Crippen molar-refractivity contribution < 1.29 is 14.3 Å². The van der Waals surface area contributed by atoms with Crippen LogP contribution < -0.4 is 20.1 Å². The third-order valence-corrected chi connectivity index (χ3v) is 5.52. The molecule has 2 heterocycles. The lowest BCUT2D eigenvalue weighted by Gasteiger charge is -2.22. The first kappa shape index (κ1) is 24.7. The van der Waals surface area contributed by atoms with Crippen LogP contribution >= 0.6 is 0 Å². The number of benzene rings is 2. The largest absolute Gasteiger partial charge is 0.486 e. The maximum Gasteiger partial charge on any atom is 0.323 e. The van der Waals surface area contributed by atoms with Gasteiger partial charge in [0.05, 0.1) is 0 Å². The van der Waals surface area contributed by atoms with Crippen molar-refractivity contribution >= 4 is 17.4 Å². The molecule has 36 heavy (non-hydrogen) atoms. The smallest absolute Gasteiger partial charge is 0.323 e. The number of anilines is 2. The highest BCUT2D eigenvalue weighted by atomic mass is 16.5. The maximum atomic E-state index is 12.7. The number of para-hydroxylation sites is 1. The minimum atomic E-state index is -0.407. The van der Waals surface area contributed by atoms with Gasteiger partial charge in [0, 0.05) is 29.8 Å². The van der Waals surface area contributed by atoms with Gasteiger partial charge < -0.3 is 20.1 Å². The third kappa shape index (κ3) is 6.39. The number of aromatic nitrogens is 2. The number of nitrogens with zero attached hydrogens (tertiary/aromatic N) is 2. The lowest BCUT2D eigenvalue weighted by atomic mass is 9.86. The maximum absolute atomic E-state index is 12.7. The first-order valence-electron chi connectivity index (χ1n) is 11.8. The molecule has 0 fully saturated rings. The summed E-state index contributed by atoms with van der Waals surface area (Å²) in [6.45, 7) is 8.34. The van der Waals surface area contributed by atoms with Gasteiger partial charge in [0.25, 0.3) is 0 Å². The molecule has 1 atom stereocenters. The molecule has 2 amide bonds. The molecule has 0 saturated heterocycles. The number of ether oxygens (including phenoxy) is 2. The summed E-state index contributed by atoms with van der Waals surface area (Å²) in [6, 6.07) is 22.0. The second-order valence-corrected chi connectivity index (χ2v) is 9.35. The summed E-state index contributed by atoms with van der Waals surface area (Å²) in [4.78, 5) is 21.1. The summed E-state index contributed by atoms with van der Waals surface area (Å²) >= 11 is 0. The molecule has 7 heteroatoms. The van der Waals surface area contributed by atoms with Gasteiger partial charge in [0.1, 0.15) is 23.3 Å². The van der Waals surface area contributed by atoms with Gasteiger partial charge in [-0.25, -0.2) is 9.78 Å². The Bertz CT molecular complexity index is 1300. The standard InChI is InChI=1S/C29H30N4O3/c1-20(21-15-18-30-19-16-21)35-23-13-11-22(12-14-23)32-28(34)33-25-9-7-17-31-27(25)36-26-10-6-5-8-24(26)29(2,3)4/h5-20H,1-4H3,(H2,32,33,34). The molecular weight excluding hydrogens is 452 g/mol. The molecule has 184 valence electrons. The number of nitrogens with one attached hydrogen (secondary N) is 2. The van der Waals surface area contributed by atoms with Crippen molar-refractivity contribution in [2.45, 2.75) is 39.2 Å². The molecule has 0 bridgehead atoms. The fraction of sp³-hybridized carbons (Fsp3) is 0.207. The molecule has 4 aromatic rings. The molecule has 2 aromatic carbocycles. The van der Waals surface area contributed by atoms with Crippen LogP contribution in [0.2, 0.25) is 0 Å². The van der Waals surface area contributed by atoms with Gasteiger partial charge in [-0.15, -0.1) is 0 Å². The quantitative estimate of drug-likeness (QED) is 0.288. The van der Waals surface area contributed by atoms with Gasteiger partial charge in [-0.1, -0.05) is 39.0 Å². The number of hydrogen-bond acceptors (Lipinski definition) is 5. The zero-order valence-corrected chi connectivity index (χ0v) is 20.9. The van der Waals surface area contributed by atoms with Crippen LogP contribution in [0.25, 0.3) is 0 Å². The van der Waals surface area contributed by atoms with E-state index in [1.54, 1.807) is 42.9 Å². The summed E-state index contributed by atoms with van der Waals surface area (Å²) in [5.74, 6) is 1.72. The van der Waals surface area contributed by atoms with E-state index in [1.165, 1.54) is 0 Å². The van der Waals surface area contributed by atoms with Crippen LogP contribution in [0.15, 0.2) is 91.4 Å². The predicted molar refractivity (Wildman–Crippen MR) is 142 cm³/mol. The Morgan fingerprint density at radius 1 is 0.861 bits per heavy atom. The molecule has 0 aliphatic carbocycles. The van der Waals surface area contributed by atoms with Gasteiger partial charge in [0.15, 0.2) is 0 Å². The van der Waals surface area contributed by atoms with Crippen LogP contribution in [0.1, 0.15) is 44.9 Å². The highest BCUT2D eigenvalue weighted by molar-refractivity contribution is 6.00. The van der Waals surface area contributed by atoms with Crippen molar-refractivity contribution in [2.75, 3.05) is 10.6 Å². The van der Waals surface area contributed by atoms with Crippen molar-refractivity contribution in [1.29, 1.82) is 0 Å². The monoisotopic (exact) mass is 482 g/mol. The van der Waals surface area contributed by atoms with Crippen LogP contribution in [0.4, 0.5) is 16.2 Å². The average Bonchev–Trinajstić information content (AvgIpc) is 2.86. The fourth-order valence-corrected chi connectivity index (χ4v) is 3.65.